The molecule has 2 atom stereocenters. The minimum Gasteiger partial charge on any atom is -0.383 e. The zero-order valence-corrected chi connectivity index (χ0v) is 17.4. The maximum Gasteiger partial charge on any atom is 0.0730 e. The molecule has 4 heteroatoms. The molecule has 0 amide bonds. The third-order valence-electron chi connectivity index (χ3n) is 5.84. The summed E-state index contributed by atoms with van der Waals surface area (Å²) < 4.78 is 17.1. The molecule has 0 aromatic heterocycles. The molecule has 0 aliphatic heterocycles. The molecule has 0 bridgehead atoms. The molecule has 0 heterocycles. The highest BCUT2D eigenvalue weighted by atomic mass is 16.5. The van der Waals surface area contributed by atoms with Crippen LogP contribution < -0.4 is 0 Å². The third kappa shape index (κ3) is 6.02. The van der Waals surface area contributed by atoms with Gasteiger partial charge in [0.2, 0.25) is 0 Å². The van der Waals surface area contributed by atoms with Gasteiger partial charge in [-0.2, -0.15) is 0 Å². The van der Waals surface area contributed by atoms with Gasteiger partial charge in [-0.1, -0.05) is 55.3 Å². The summed E-state index contributed by atoms with van der Waals surface area (Å²) in [6.07, 6.45) is 6.17. The lowest BCUT2D eigenvalue weighted by Crippen LogP contribution is -2.49. The number of rotatable bonds is 11. The van der Waals surface area contributed by atoms with Crippen molar-refractivity contribution in [3.8, 4) is 0 Å². The van der Waals surface area contributed by atoms with E-state index in [1.807, 2.05) is 0 Å². The number of hydrogen-bond donors (Lipinski definition) is 0. The van der Waals surface area contributed by atoms with E-state index in [0.717, 1.165) is 45.8 Å². The van der Waals surface area contributed by atoms with Crippen molar-refractivity contribution in [3.63, 3.8) is 0 Å². The maximum atomic E-state index is 6.43. The largest absolute Gasteiger partial charge is 0.383 e. The van der Waals surface area contributed by atoms with E-state index in [9.17, 15) is 0 Å². The molecular weight excluding hydrogens is 350 g/mol. The Bertz CT molecular complexity index is 697. The first-order valence-electron chi connectivity index (χ1n) is 10.6. The summed E-state index contributed by atoms with van der Waals surface area (Å²) in [5.41, 5.74) is 1.35. The van der Waals surface area contributed by atoms with Crippen LogP contribution in [0.1, 0.15) is 31.2 Å². The van der Waals surface area contributed by atoms with Gasteiger partial charge in [-0.15, -0.1) is 0 Å². The van der Waals surface area contributed by atoms with Crippen molar-refractivity contribution in [2.75, 3.05) is 47.1 Å². The molecule has 28 heavy (non-hydrogen) atoms. The van der Waals surface area contributed by atoms with Crippen LogP contribution in [0.25, 0.3) is 10.8 Å². The lowest BCUT2D eigenvalue weighted by molar-refractivity contribution is -0.0450. The van der Waals surface area contributed by atoms with E-state index in [4.69, 9.17) is 14.2 Å². The Morgan fingerprint density at radius 2 is 1.57 bits per heavy atom. The maximum absolute atomic E-state index is 6.43. The number of nitrogens with zero attached hydrogens (tertiary/aromatic N) is 1. The Kier molecular flexibility index (Phi) is 8.74. The van der Waals surface area contributed by atoms with E-state index in [2.05, 4.69) is 47.4 Å². The normalized spacial score (nSPS) is 20.1. The smallest absolute Gasteiger partial charge is 0.0730 e. The molecule has 0 N–H and O–H groups in total. The molecule has 0 radical (unpaired) electrons. The molecule has 2 aromatic carbocycles. The third-order valence-corrected chi connectivity index (χ3v) is 5.84. The van der Waals surface area contributed by atoms with Crippen LogP contribution in [-0.2, 0) is 20.6 Å². The number of ether oxygens (including phenoxy) is 3. The fourth-order valence-electron chi connectivity index (χ4n) is 4.27. The first-order valence-corrected chi connectivity index (χ1v) is 10.6. The molecule has 1 saturated carbocycles. The number of fused-ring (bicyclic) bond motifs is 1. The van der Waals surface area contributed by atoms with Gasteiger partial charge in [0, 0.05) is 33.4 Å². The lowest BCUT2D eigenvalue weighted by atomic mass is 9.91. The summed E-state index contributed by atoms with van der Waals surface area (Å²) in [5, 5.41) is 2.60. The highest BCUT2D eigenvalue weighted by Gasteiger charge is 2.30. The Morgan fingerprint density at radius 1 is 0.857 bits per heavy atom. The summed E-state index contributed by atoms with van der Waals surface area (Å²) in [6.45, 7) is 4.17. The van der Waals surface area contributed by atoms with E-state index in [1.54, 1.807) is 14.2 Å². The first-order chi connectivity index (χ1) is 13.8. The van der Waals surface area contributed by atoms with Gasteiger partial charge in [-0.25, -0.2) is 0 Å². The van der Waals surface area contributed by atoms with Crippen molar-refractivity contribution in [3.05, 3.63) is 48.0 Å². The van der Waals surface area contributed by atoms with Crippen molar-refractivity contribution < 1.29 is 14.2 Å². The van der Waals surface area contributed by atoms with Crippen molar-refractivity contribution in [2.24, 2.45) is 0 Å². The Balaban J connectivity index is 1.56. The van der Waals surface area contributed by atoms with Gasteiger partial charge >= 0.3 is 0 Å². The molecule has 2 aromatic rings. The monoisotopic (exact) mass is 385 g/mol. The van der Waals surface area contributed by atoms with Gasteiger partial charge in [0.15, 0.2) is 0 Å². The Labute approximate surface area is 169 Å². The molecule has 0 unspecified atom stereocenters. The van der Waals surface area contributed by atoms with Crippen molar-refractivity contribution in [1.82, 2.24) is 4.90 Å². The second kappa shape index (κ2) is 11.5. The molecule has 1 aliphatic rings. The molecule has 0 saturated heterocycles. The van der Waals surface area contributed by atoms with Crippen LogP contribution in [0.2, 0.25) is 0 Å². The average molecular weight is 386 g/mol. The fraction of sp³-hybridized carbons (Fsp3) is 0.583. The van der Waals surface area contributed by atoms with Crippen LogP contribution in [0.15, 0.2) is 42.5 Å². The van der Waals surface area contributed by atoms with Crippen LogP contribution in [0.3, 0.4) is 0 Å². The van der Waals surface area contributed by atoms with Gasteiger partial charge in [0.1, 0.15) is 0 Å². The van der Waals surface area contributed by atoms with E-state index in [1.165, 1.54) is 35.6 Å². The quantitative estimate of drug-likeness (QED) is 0.577. The molecule has 1 aliphatic carbocycles. The average Bonchev–Trinajstić information content (AvgIpc) is 2.74. The highest BCUT2D eigenvalue weighted by Crippen LogP contribution is 2.26. The molecule has 0 spiro atoms. The van der Waals surface area contributed by atoms with Gasteiger partial charge < -0.3 is 14.2 Å². The predicted molar refractivity (Wildman–Crippen MR) is 115 cm³/mol. The zero-order chi connectivity index (χ0) is 19.6. The summed E-state index contributed by atoms with van der Waals surface area (Å²) in [7, 11) is 3.54. The van der Waals surface area contributed by atoms with Crippen LogP contribution in [0.4, 0.5) is 0 Å². The Hall–Kier alpha value is -1.46. The summed E-state index contributed by atoms with van der Waals surface area (Å²) in [6, 6.07) is 15.7. The number of hydrogen-bond acceptors (Lipinski definition) is 4. The number of benzene rings is 2. The second-order valence-corrected chi connectivity index (χ2v) is 7.71. The van der Waals surface area contributed by atoms with Crippen LogP contribution in [-0.4, -0.2) is 64.2 Å². The van der Waals surface area contributed by atoms with E-state index in [0.29, 0.717) is 12.1 Å². The van der Waals surface area contributed by atoms with E-state index in [-0.39, 0.29) is 0 Å². The van der Waals surface area contributed by atoms with Crippen LogP contribution >= 0.6 is 0 Å². The molecule has 3 rings (SSSR count). The SMILES string of the molecule is COCCN(CCOC)[C@@H]1CCCC[C@H]1OCCc1ccc2ccccc2c1. The van der Waals surface area contributed by atoms with Crippen LogP contribution in [0.5, 0.6) is 0 Å². The predicted octanol–water partition coefficient (Wildman–Crippen LogP) is 4.30. The lowest BCUT2D eigenvalue weighted by Gasteiger charge is -2.39. The fourth-order valence-corrected chi connectivity index (χ4v) is 4.27. The minimum atomic E-state index is 0.308. The standard InChI is InChI=1S/C24H35NO3/c1-26-17-14-25(15-18-27-2)23-9-5-6-10-24(23)28-16-13-20-11-12-21-7-3-4-8-22(21)19-20/h3-4,7-8,11-12,19,23-24H,5-6,9-10,13-18H2,1-2H3/t23-,24-/m1/s1. The Morgan fingerprint density at radius 3 is 2.32 bits per heavy atom. The van der Waals surface area contributed by atoms with Gasteiger partial charge in [0.05, 0.1) is 25.9 Å². The van der Waals surface area contributed by atoms with Gasteiger partial charge in [-0.05, 0) is 35.6 Å². The molecular formula is C24H35NO3. The summed E-state index contributed by atoms with van der Waals surface area (Å²) >= 11 is 0. The van der Waals surface area contributed by atoms with Crippen molar-refractivity contribution >= 4 is 10.8 Å². The molecule has 154 valence electrons. The zero-order valence-electron chi connectivity index (χ0n) is 17.4. The number of methoxy groups -OCH3 is 2. The van der Waals surface area contributed by atoms with Crippen molar-refractivity contribution in [1.29, 1.82) is 0 Å². The highest BCUT2D eigenvalue weighted by molar-refractivity contribution is 5.82. The van der Waals surface area contributed by atoms with Crippen molar-refractivity contribution in [2.45, 2.75) is 44.2 Å². The van der Waals surface area contributed by atoms with E-state index < -0.39 is 0 Å². The first kappa shape index (κ1) is 21.3. The van der Waals surface area contributed by atoms with Crippen LogP contribution in [0, 0.1) is 0 Å². The molecule has 4 nitrogen and oxygen atoms in total. The van der Waals surface area contributed by atoms with Gasteiger partial charge in [-0.3, -0.25) is 4.90 Å². The molecule has 1 fully saturated rings. The van der Waals surface area contributed by atoms with Gasteiger partial charge in [0.25, 0.3) is 0 Å². The second-order valence-electron chi connectivity index (χ2n) is 7.71. The topological polar surface area (TPSA) is 30.9 Å². The van der Waals surface area contributed by atoms with E-state index >= 15 is 0 Å². The minimum absolute atomic E-state index is 0.308. The summed E-state index contributed by atoms with van der Waals surface area (Å²) in [5.74, 6) is 0. The summed E-state index contributed by atoms with van der Waals surface area (Å²) in [4.78, 5) is 2.51.